The van der Waals surface area contributed by atoms with E-state index in [0.29, 0.717) is 29.4 Å². The average molecular weight is 414 g/mol. The lowest BCUT2D eigenvalue weighted by molar-refractivity contribution is 0.102. The van der Waals surface area contributed by atoms with Crippen LogP contribution in [0.3, 0.4) is 0 Å². The summed E-state index contributed by atoms with van der Waals surface area (Å²) in [6.07, 6.45) is 3.36. The zero-order valence-corrected chi connectivity index (χ0v) is 16.7. The van der Waals surface area contributed by atoms with E-state index in [9.17, 15) is 9.18 Å². The minimum absolute atomic E-state index is 0.274. The molecule has 0 aliphatic carbocycles. The van der Waals surface area contributed by atoms with E-state index in [2.05, 4.69) is 25.7 Å². The van der Waals surface area contributed by atoms with Crippen molar-refractivity contribution in [1.29, 1.82) is 0 Å². The maximum absolute atomic E-state index is 13.1. The molecule has 3 heterocycles. The van der Waals surface area contributed by atoms with Gasteiger partial charge in [0, 0.05) is 29.3 Å². The number of halogens is 1. The van der Waals surface area contributed by atoms with Gasteiger partial charge in [0.1, 0.15) is 11.6 Å². The summed E-state index contributed by atoms with van der Waals surface area (Å²) in [5, 5.41) is 11.7. The Morgan fingerprint density at radius 1 is 1.13 bits per heavy atom. The Morgan fingerprint density at radius 3 is 2.81 bits per heavy atom. The first kappa shape index (κ1) is 18.8. The molecular formula is C23H19FN6O. The summed E-state index contributed by atoms with van der Waals surface area (Å²) < 4.78 is 14.6. The number of nitrogens with zero attached hydrogens (tertiary/aromatic N) is 3. The molecule has 3 N–H and O–H groups in total. The topological polar surface area (TPSA) is 87.1 Å². The lowest BCUT2D eigenvalue weighted by atomic mass is 10.2. The zero-order valence-electron chi connectivity index (χ0n) is 16.7. The number of carbonyl (C=O) groups excluding carboxylic acids is 1. The molecule has 0 aliphatic rings. The van der Waals surface area contributed by atoms with Gasteiger partial charge in [-0.05, 0) is 60.5 Å². The highest BCUT2D eigenvalue weighted by atomic mass is 19.1. The Balaban J connectivity index is 1.40. The van der Waals surface area contributed by atoms with Gasteiger partial charge >= 0.3 is 0 Å². The van der Waals surface area contributed by atoms with Crippen molar-refractivity contribution < 1.29 is 9.18 Å². The van der Waals surface area contributed by atoms with Crippen LogP contribution >= 0.6 is 0 Å². The molecule has 0 aliphatic heterocycles. The summed E-state index contributed by atoms with van der Waals surface area (Å²) in [7, 11) is 0. The Bertz CT molecular complexity index is 1400. The molecule has 3 aromatic heterocycles. The molecule has 31 heavy (non-hydrogen) atoms. The largest absolute Gasteiger partial charge is 0.364 e. The Hall–Kier alpha value is -4.20. The maximum atomic E-state index is 13.1. The number of benzene rings is 2. The van der Waals surface area contributed by atoms with Crippen LogP contribution in [-0.2, 0) is 6.54 Å². The van der Waals surface area contributed by atoms with Crippen LogP contribution in [0.2, 0.25) is 0 Å². The third-order valence-corrected chi connectivity index (χ3v) is 5.10. The molecule has 0 saturated heterocycles. The van der Waals surface area contributed by atoms with Crippen LogP contribution in [-0.4, -0.2) is 25.5 Å². The van der Waals surface area contributed by atoms with Gasteiger partial charge in [-0.1, -0.05) is 12.1 Å². The predicted molar refractivity (Wildman–Crippen MR) is 118 cm³/mol. The number of aromatic nitrogens is 4. The van der Waals surface area contributed by atoms with E-state index >= 15 is 0 Å². The number of fused-ring (bicyclic) bond motifs is 2. The molecule has 8 heteroatoms. The molecule has 0 spiro atoms. The van der Waals surface area contributed by atoms with Crippen molar-refractivity contribution in [3.8, 4) is 0 Å². The van der Waals surface area contributed by atoms with Gasteiger partial charge < -0.3 is 15.6 Å². The summed E-state index contributed by atoms with van der Waals surface area (Å²) in [5.74, 6) is 0.0463. The van der Waals surface area contributed by atoms with Gasteiger partial charge in [-0.2, -0.15) is 0 Å². The molecule has 2 aromatic carbocycles. The van der Waals surface area contributed by atoms with Crippen LogP contribution in [0.25, 0.3) is 16.6 Å². The number of nitrogens with one attached hydrogen (secondary N) is 3. The van der Waals surface area contributed by atoms with Gasteiger partial charge in [-0.25, -0.2) is 13.9 Å². The first-order chi connectivity index (χ1) is 15.1. The number of hydrogen-bond acceptors (Lipinski definition) is 4. The number of hydrogen-bond donors (Lipinski definition) is 3. The quantitative estimate of drug-likeness (QED) is 0.395. The highest BCUT2D eigenvalue weighted by Crippen LogP contribution is 2.20. The summed E-state index contributed by atoms with van der Waals surface area (Å²) >= 11 is 0. The summed E-state index contributed by atoms with van der Waals surface area (Å²) in [6.45, 7) is 2.40. The maximum Gasteiger partial charge on any atom is 0.276 e. The first-order valence-electron chi connectivity index (χ1n) is 9.79. The summed E-state index contributed by atoms with van der Waals surface area (Å²) in [6, 6.07) is 15.7. The van der Waals surface area contributed by atoms with E-state index in [1.54, 1.807) is 12.1 Å². The highest BCUT2D eigenvalue weighted by Gasteiger charge is 2.15. The lowest BCUT2D eigenvalue weighted by Gasteiger charge is -2.10. The van der Waals surface area contributed by atoms with Crippen LogP contribution in [0.1, 0.15) is 21.6 Å². The van der Waals surface area contributed by atoms with E-state index < -0.39 is 0 Å². The van der Waals surface area contributed by atoms with Crippen LogP contribution < -0.4 is 10.6 Å². The van der Waals surface area contributed by atoms with Gasteiger partial charge in [0.05, 0.1) is 6.20 Å². The second-order valence-electron chi connectivity index (χ2n) is 7.30. The van der Waals surface area contributed by atoms with Crippen molar-refractivity contribution in [2.24, 2.45) is 0 Å². The fourth-order valence-corrected chi connectivity index (χ4v) is 3.45. The normalized spacial score (nSPS) is 11.2. The van der Waals surface area contributed by atoms with Gasteiger partial charge in [-0.3, -0.25) is 4.79 Å². The van der Waals surface area contributed by atoms with Crippen molar-refractivity contribution in [2.75, 3.05) is 10.6 Å². The van der Waals surface area contributed by atoms with E-state index in [1.807, 2.05) is 43.5 Å². The number of amides is 1. The van der Waals surface area contributed by atoms with Gasteiger partial charge in [0.25, 0.3) is 5.91 Å². The van der Waals surface area contributed by atoms with Crippen molar-refractivity contribution >= 4 is 34.0 Å². The Morgan fingerprint density at radius 2 is 1.97 bits per heavy atom. The van der Waals surface area contributed by atoms with Crippen molar-refractivity contribution in [3.63, 3.8) is 0 Å². The number of aryl methyl sites for hydroxylation is 1. The number of anilines is 2. The Labute approximate surface area is 176 Å². The molecule has 0 atom stereocenters. The fraction of sp³-hybridized carbons (Fsp3) is 0.0870. The molecule has 0 bridgehead atoms. The second kappa shape index (κ2) is 7.56. The van der Waals surface area contributed by atoms with E-state index in [-0.39, 0.29) is 11.7 Å². The van der Waals surface area contributed by atoms with Crippen LogP contribution in [0, 0.1) is 12.7 Å². The van der Waals surface area contributed by atoms with Gasteiger partial charge in [-0.15, -0.1) is 5.10 Å². The molecule has 154 valence electrons. The molecule has 1 amide bonds. The fourth-order valence-electron chi connectivity index (χ4n) is 3.45. The molecule has 7 nitrogen and oxygen atoms in total. The van der Waals surface area contributed by atoms with Gasteiger partial charge in [0.2, 0.25) is 0 Å². The number of carbonyl (C=O) groups is 1. The minimum atomic E-state index is -0.303. The third kappa shape index (κ3) is 3.71. The Kier molecular flexibility index (Phi) is 4.59. The number of rotatable bonds is 5. The van der Waals surface area contributed by atoms with Gasteiger partial charge in [0.15, 0.2) is 11.3 Å². The summed E-state index contributed by atoms with van der Waals surface area (Å²) in [4.78, 5) is 20.3. The smallest absolute Gasteiger partial charge is 0.276 e. The first-order valence-corrected chi connectivity index (χ1v) is 9.79. The number of imidazole rings is 1. The molecule has 5 aromatic rings. The predicted octanol–water partition coefficient (Wildman–Crippen LogP) is 4.52. The SMILES string of the molecule is Cc1cc2ncc(C(=O)Nc3ccc4[nH]ccc4c3)n2nc1NCc1ccc(F)cc1. The molecule has 0 radical (unpaired) electrons. The summed E-state index contributed by atoms with van der Waals surface area (Å²) in [5.41, 5.74) is 4.41. The van der Waals surface area contributed by atoms with E-state index in [1.165, 1.54) is 22.8 Å². The standard InChI is InChI=1S/C23H19FN6O/c1-14-10-21-26-13-20(23(31)28-18-6-7-19-16(11-18)8-9-25-19)30(21)29-22(14)27-12-15-2-4-17(24)5-3-15/h2-11,13,25H,12H2,1H3,(H,27,29)(H,28,31). The van der Waals surface area contributed by atoms with E-state index in [4.69, 9.17) is 0 Å². The van der Waals surface area contributed by atoms with Crippen LogP contribution in [0.15, 0.2) is 67.0 Å². The molecule has 0 unspecified atom stereocenters. The van der Waals surface area contributed by atoms with Crippen LogP contribution in [0.4, 0.5) is 15.9 Å². The average Bonchev–Trinajstić information content (AvgIpc) is 3.39. The van der Waals surface area contributed by atoms with Crippen LogP contribution in [0.5, 0.6) is 0 Å². The number of H-pyrrole nitrogens is 1. The van der Waals surface area contributed by atoms with Crippen molar-refractivity contribution in [3.05, 3.63) is 89.6 Å². The molecule has 0 fully saturated rings. The zero-order chi connectivity index (χ0) is 21.4. The lowest BCUT2D eigenvalue weighted by Crippen LogP contribution is -2.16. The van der Waals surface area contributed by atoms with Crippen molar-refractivity contribution in [1.82, 2.24) is 19.6 Å². The highest BCUT2D eigenvalue weighted by molar-refractivity contribution is 6.04. The molecular weight excluding hydrogens is 395 g/mol. The van der Waals surface area contributed by atoms with Crippen molar-refractivity contribution in [2.45, 2.75) is 13.5 Å². The third-order valence-electron chi connectivity index (χ3n) is 5.10. The monoisotopic (exact) mass is 414 g/mol. The minimum Gasteiger partial charge on any atom is -0.364 e. The second-order valence-corrected chi connectivity index (χ2v) is 7.30. The molecule has 5 rings (SSSR count). The van der Waals surface area contributed by atoms with E-state index in [0.717, 1.165) is 22.0 Å². The molecule has 0 saturated carbocycles. The number of aromatic amines is 1.